The Balaban J connectivity index is 1.69. The standard InChI is InChI=1S/C15H15FN4O3/c16-11-4-1-3-10(7-11)8-20-9-12(18-19-20)13(21)17-15(14(22)23)5-2-6-15/h1,3-4,7,9H,2,5-6,8H2,(H,17,21)(H,22,23). The van der Waals surface area contributed by atoms with Crippen molar-refractivity contribution in [3.8, 4) is 0 Å². The van der Waals surface area contributed by atoms with Crippen LogP contribution in [-0.2, 0) is 11.3 Å². The summed E-state index contributed by atoms with van der Waals surface area (Å²) in [7, 11) is 0. The van der Waals surface area contributed by atoms with E-state index in [1.165, 1.54) is 23.0 Å². The largest absolute Gasteiger partial charge is 0.480 e. The molecule has 1 saturated carbocycles. The summed E-state index contributed by atoms with van der Waals surface area (Å²) in [5.41, 5.74) is -0.472. The molecule has 7 nitrogen and oxygen atoms in total. The van der Waals surface area contributed by atoms with E-state index in [0.717, 1.165) is 6.42 Å². The van der Waals surface area contributed by atoms with Gasteiger partial charge < -0.3 is 10.4 Å². The average molecular weight is 318 g/mol. The van der Waals surface area contributed by atoms with Gasteiger partial charge >= 0.3 is 5.97 Å². The minimum Gasteiger partial charge on any atom is -0.480 e. The highest BCUT2D eigenvalue weighted by atomic mass is 19.1. The number of aromatic nitrogens is 3. The fraction of sp³-hybridized carbons (Fsp3) is 0.333. The zero-order valence-electron chi connectivity index (χ0n) is 12.2. The molecule has 23 heavy (non-hydrogen) atoms. The van der Waals surface area contributed by atoms with Crippen LogP contribution in [0.2, 0.25) is 0 Å². The molecular formula is C15H15FN4O3. The molecule has 0 spiro atoms. The molecular weight excluding hydrogens is 303 g/mol. The van der Waals surface area contributed by atoms with E-state index < -0.39 is 17.4 Å². The Hall–Kier alpha value is -2.77. The van der Waals surface area contributed by atoms with Crippen molar-refractivity contribution >= 4 is 11.9 Å². The van der Waals surface area contributed by atoms with E-state index in [4.69, 9.17) is 0 Å². The van der Waals surface area contributed by atoms with E-state index in [1.54, 1.807) is 12.1 Å². The van der Waals surface area contributed by atoms with Crippen molar-refractivity contribution in [2.24, 2.45) is 0 Å². The second kappa shape index (κ2) is 5.79. The minimum absolute atomic E-state index is 0.0360. The third-order valence-corrected chi connectivity index (χ3v) is 3.97. The van der Waals surface area contributed by atoms with Crippen molar-refractivity contribution in [3.05, 3.63) is 47.5 Å². The van der Waals surface area contributed by atoms with Crippen molar-refractivity contribution in [3.63, 3.8) is 0 Å². The molecule has 0 atom stereocenters. The van der Waals surface area contributed by atoms with Crippen LogP contribution in [0.3, 0.4) is 0 Å². The second-order valence-electron chi connectivity index (χ2n) is 5.63. The minimum atomic E-state index is -1.19. The van der Waals surface area contributed by atoms with E-state index >= 15 is 0 Å². The van der Waals surface area contributed by atoms with Crippen molar-refractivity contribution < 1.29 is 19.1 Å². The first-order chi connectivity index (χ1) is 11.0. The maximum absolute atomic E-state index is 13.1. The van der Waals surface area contributed by atoms with Crippen LogP contribution in [0.1, 0.15) is 35.3 Å². The number of carboxylic acids is 1. The number of hydrogen-bond acceptors (Lipinski definition) is 4. The molecule has 120 valence electrons. The number of carbonyl (C=O) groups is 2. The Morgan fingerprint density at radius 1 is 1.39 bits per heavy atom. The third-order valence-electron chi connectivity index (χ3n) is 3.97. The molecule has 1 fully saturated rings. The van der Waals surface area contributed by atoms with Crippen molar-refractivity contribution in [1.82, 2.24) is 20.3 Å². The molecule has 1 aromatic carbocycles. The molecule has 0 unspecified atom stereocenters. The molecule has 0 aliphatic heterocycles. The van der Waals surface area contributed by atoms with Crippen LogP contribution in [0.5, 0.6) is 0 Å². The number of halogens is 1. The van der Waals surface area contributed by atoms with Gasteiger partial charge in [-0.1, -0.05) is 17.3 Å². The number of carbonyl (C=O) groups excluding carboxylic acids is 1. The Kier molecular flexibility index (Phi) is 3.81. The number of nitrogens with one attached hydrogen (secondary N) is 1. The first-order valence-electron chi connectivity index (χ1n) is 7.19. The molecule has 0 bridgehead atoms. The van der Waals surface area contributed by atoms with Crippen LogP contribution in [0.15, 0.2) is 30.5 Å². The van der Waals surface area contributed by atoms with Crippen LogP contribution < -0.4 is 5.32 Å². The first-order valence-corrected chi connectivity index (χ1v) is 7.19. The summed E-state index contributed by atoms with van der Waals surface area (Å²) in [5, 5.41) is 19.3. The highest BCUT2D eigenvalue weighted by molar-refractivity contribution is 5.96. The predicted octanol–water partition coefficient (Wildman–Crippen LogP) is 1.20. The van der Waals surface area contributed by atoms with Gasteiger partial charge in [-0.3, -0.25) is 4.79 Å². The molecule has 1 aromatic heterocycles. The monoisotopic (exact) mass is 318 g/mol. The van der Waals surface area contributed by atoms with Gasteiger partial charge in [0.15, 0.2) is 5.69 Å². The molecule has 2 aromatic rings. The van der Waals surface area contributed by atoms with Crippen LogP contribution in [0, 0.1) is 5.82 Å². The van der Waals surface area contributed by atoms with Gasteiger partial charge in [0.1, 0.15) is 11.4 Å². The average Bonchev–Trinajstić information content (AvgIpc) is 2.91. The zero-order chi connectivity index (χ0) is 16.4. The Bertz CT molecular complexity index is 755. The first kappa shape index (κ1) is 15.1. The maximum atomic E-state index is 13.1. The summed E-state index contributed by atoms with van der Waals surface area (Å²) >= 11 is 0. The van der Waals surface area contributed by atoms with Crippen molar-refractivity contribution in [2.75, 3.05) is 0 Å². The smallest absolute Gasteiger partial charge is 0.329 e. The van der Waals surface area contributed by atoms with Crippen molar-refractivity contribution in [1.29, 1.82) is 0 Å². The molecule has 2 N–H and O–H groups in total. The van der Waals surface area contributed by atoms with Crippen LogP contribution in [0.4, 0.5) is 4.39 Å². The maximum Gasteiger partial charge on any atom is 0.329 e. The van der Waals surface area contributed by atoms with E-state index in [0.29, 0.717) is 18.4 Å². The van der Waals surface area contributed by atoms with Gasteiger partial charge in [0.25, 0.3) is 5.91 Å². The van der Waals surface area contributed by atoms with Gasteiger partial charge in [-0.05, 0) is 37.0 Å². The fourth-order valence-electron chi connectivity index (χ4n) is 2.51. The Morgan fingerprint density at radius 3 is 2.78 bits per heavy atom. The lowest BCUT2D eigenvalue weighted by atomic mass is 9.76. The summed E-state index contributed by atoms with van der Waals surface area (Å²) in [5.74, 6) is -1.96. The fourth-order valence-corrected chi connectivity index (χ4v) is 2.51. The quantitative estimate of drug-likeness (QED) is 0.863. The summed E-state index contributed by atoms with van der Waals surface area (Å²) in [6.45, 7) is 0.266. The summed E-state index contributed by atoms with van der Waals surface area (Å²) in [6.07, 6.45) is 2.99. The lowest BCUT2D eigenvalue weighted by molar-refractivity contribution is -0.148. The molecule has 8 heteroatoms. The van der Waals surface area contributed by atoms with Gasteiger partial charge in [0.05, 0.1) is 12.7 Å². The highest BCUT2D eigenvalue weighted by Crippen LogP contribution is 2.32. The summed E-state index contributed by atoms with van der Waals surface area (Å²) in [4.78, 5) is 23.4. The topological polar surface area (TPSA) is 97.1 Å². The van der Waals surface area contributed by atoms with E-state index in [2.05, 4.69) is 15.6 Å². The zero-order valence-corrected chi connectivity index (χ0v) is 12.2. The molecule has 1 aliphatic carbocycles. The van der Waals surface area contributed by atoms with Gasteiger partial charge in [-0.2, -0.15) is 0 Å². The second-order valence-corrected chi connectivity index (χ2v) is 5.63. The number of rotatable bonds is 5. The normalized spacial score (nSPS) is 15.7. The van der Waals surface area contributed by atoms with Crippen LogP contribution in [-0.4, -0.2) is 37.5 Å². The number of nitrogens with zero attached hydrogens (tertiary/aromatic N) is 3. The molecule has 3 rings (SSSR count). The highest BCUT2D eigenvalue weighted by Gasteiger charge is 2.46. The summed E-state index contributed by atoms with van der Waals surface area (Å²) < 4.78 is 14.5. The molecule has 0 radical (unpaired) electrons. The molecule has 1 heterocycles. The van der Waals surface area contributed by atoms with Gasteiger partial charge in [-0.15, -0.1) is 5.10 Å². The molecule has 1 amide bonds. The molecule has 1 aliphatic rings. The third kappa shape index (κ3) is 3.05. The number of hydrogen-bond donors (Lipinski definition) is 2. The summed E-state index contributed by atoms with van der Waals surface area (Å²) in [6, 6.07) is 6.03. The van der Waals surface area contributed by atoms with Crippen LogP contribution >= 0.6 is 0 Å². The van der Waals surface area contributed by atoms with E-state index in [-0.39, 0.29) is 18.1 Å². The van der Waals surface area contributed by atoms with Gasteiger partial charge in [0, 0.05) is 0 Å². The lowest BCUT2D eigenvalue weighted by Gasteiger charge is -2.37. The SMILES string of the molecule is O=C(NC1(C(=O)O)CCC1)c1cn(Cc2cccc(F)c2)nn1. The van der Waals surface area contributed by atoms with Crippen LogP contribution in [0.25, 0.3) is 0 Å². The number of amides is 1. The van der Waals surface area contributed by atoms with Crippen molar-refractivity contribution in [2.45, 2.75) is 31.3 Å². The number of carboxylic acid groups (broad SMARTS) is 1. The molecule has 0 saturated heterocycles. The Morgan fingerprint density at radius 2 is 2.17 bits per heavy atom. The van der Waals surface area contributed by atoms with E-state index in [1.807, 2.05) is 0 Å². The number of aliphatic carboxylic acids is 1. The van der Waals surface area contributed by atoms with E-state index in [9.17, 15) is 19.1 Å². The Labute approximate surface area is 131 Å². The number of benzene rings is 1. The van der Waals surface area contributed by atoms with Gasteiger partial charge in [0.2, 0.25) is 0 Å². The lowest BCUT2D eigenvalue weighted by Crippen LogP contribution is -2.59. The van der Waals surface area contributed by atoms with Gasteiger partial charge in [-0.25, -0.2) is 13.9 Å². The predicted molar refractivity (Wildman–Crippen MR) is 77.2 cm³/mol.